The lowest BCUT2D eigenvalue weighted by molar-refractivity contribution is -0.136. The van der Waals surface area contributed by atoms with Crippen molar-refractivity contribution in [1.29, 1.82) is 5.41 Å². The molecule has 1 aliphatic carbocycles. The number of rotatable bonds is 11. The lowest BCUT2D eigenvalue weighted by Crippen LogP contribution is -2.54. The second kappa shape index (κ2) is 13.6. The van der Waals surface area contributed by atoms with E-state index in [2.05, 4.69) is 33.1 Å². The van der Waals surface area contributed by atoms with Gasteiger partial charge in [0.05, 0.1) is 34.1 Å². The summed E-state index contributed by atoms with van der Waals surface area (Å²) in [5, 5.41) is 17.0. The lowest BCUT2D eigenvalue weighted by Gasteiger charge is -2.36. The van der Waals surface area contributed by atoms with Crippen LogP contribution in [-0.2, 0) is 14.3 Å². The summed E-state index contributed by atoms with van der Waals surface area (Å²) < 4.78 is 5.52. The molecule has 12 nitrogen and oxygen atoms in total. The van der Waals surface area contributed by atoms with Crippen molar-refractivity contribution in [2.24, 2.45) is 5.92 Å². The number of carbonyl (C=O) groups excluding carboxylic acids is 4. The molecule has 7 rings (SSSR count). The maximum Gasteiger partial charge on any atom is 0.262 e. The van der Waals surface area contributed by atoms with Crippen LogP contribution in [0.25, 0.3) is 16.6 Å². The second-order valence-electron chi connectivity index (χ2n) is 13.1. The Hall–Kier alpha value is -4.97. The fourth-order valence-corrected chi connectivity index (χ4v) is 7.16. The highest BCUT2D eigenvalue weighted by atomic mass is 16.5. The Balaban J connectivity index is 0.869. The first-order chi connectivity index (χ1) is 23.4. The number of benzene rings is 2. The number of ether oxygens (including phenoxy) is 1. The van der Waals surface area contributed by atoms with Crippen LogP contribution in [0.1, 0.15) is 89.3 Å². The molecule has 4 heterocycles. The largest absolute Gasteiger partial charge is 0.388 e. The van der Waals surface area contributed by atoms with Crippen LogP contribution < -0.4 is 16.0 Å². The van der Waals surface area contributed by atoms with Gasteiger partial charge in [-0.1, -0.05) is 6.07 Å². The summed E-state index contributed by atoms with van der Waals surface area (Å²) in [5.41, 5.74) is 5.62. The quantitative estimate of drug-likeness (QED) is 0.135. The normalized spacial score (nSPS) is 23.1. The molecule has 0 bridgehead atoms. The molecule has 4 amide bonds. The van der Waals surface area contributed by atoms with Crippen LogP contribution in [0.4, 0.5) is 5.69 Å². The van der Waals surface area contributed by atoms with E-state index in [0.717, 1.165) is 79.9 Å². The Labute approximate surface area is 278 Å². The fraction of sp³-hybridized carbons (Fsp3) is 0.417. The van der Waals surface area contributed by atoms with E-state index in [4.69, 9.17) is 15.1 Å². The summed E-state index contributed by atoms with van der Waals surface area (Å²) in [4.78, 5) is 60.2. The molecular weight excluding hydrogens is 610 g/mol. The smallest absolute Gasteiger partial charge is 0.262 e. The Kier molecular flexibility index (Phi) is 8.98. The SMILES string of the molecule is N=C/C(=C\NC1CC(CCCNc2ccc3c(c2)C(=O)N(C2CCC(=O)NC2=O)C3=O)C1)c1cnc2ccc(C3CCOCC3)cc2n1. The molecule has 12 heteroatoms. The van der Waals surface area contributed by atoms with Gasteiger partial charge in [0.15, 0.2) is 0 Å². The van der Waals surface area contributed by atoms with E-state index in [1.165, 1.54) is 11.8 Å². The Morgan fingerprint density at radius 2 is 1.81 bits per heavy atom. The zero-order valence-electron chi connectivity index (χ0n) is 26.7. The minimum atomic E-state index is -0.970. The van der Waals surface area contributed by atoms with Crippen LogP contribution in [0, 0.1) is 11.3 Å². The molecule has 4 N–H and O–H groups in total. The van der Waals surface area contributed by atoms with Crippen LogP contribution in [0.2, 0.25) is 0 Å². The highest BCUT2D eigenvalue weighted by molar-refractivity contribution is 6.23. The van der Waals surface area contributed by atoms with Gasteiger partial charge in [0.25, 0.3) is 11.8 Å². The topological polar surface area (TPSA) is 166 Å². The van der Waals surface area contributed by atoms with Gasteiger partial charge in [0.1, 0.15) is 6.04 Å². The summed E-state index contributed by atoms with van der Waals surface area (Å²) in [6.45, 7) is 2.30. The van der Waals surface area contributed by atoms with Crippen molar-refractivity contribution in [3.05, 3.63) is 71.2 Å². The zero-order chi connectivity index (χ0) is 33.2. The van der Waals surface area contributed by atoms with Crippen molar-refractivity contribution in [3.8, 4) is 0 Å². The minimum absolute atomic E-state index is 0.0919. The van der Waals surface area contributed by atoms with Crippen LogP contribution in [0.3, 0.4) is 0 Å². The van der Waals surface area contributed by atoms with Gasteiger partial charge < -0.3 is 20.8 Å². The number of nitrogens with zero attached hydrogens (tertiary/aromatic N) is 3. The minimum Gasteiger partial charge on any atom is -0.388 e. The summed E-state index contributed by atoms with van der Waals surface area (Å²) in [5.74, 6) is -0.935. The Morgan fingerprint density at radius 3 is 2.60 bits per heavy atom. The van der Waals surface area contributed by atoms with Gasteiger partial charge in [-0.25, -0.2) is 4.98 Å². The standard InChI is InChI=1S/C36H39N7O5/c37-18-24(31-20-40-29-6-3-23(16-30(29)41-31)22-9-12-48-13-10-22)19-39-26-14-21(15-26)2-1-11-38-25-4-5-27-28(17-25)36(47)43(35(27)46)32-7-8-33(44)42-34(32)45/h3-6,16-22,26,32,37-39H,1-2,7-15H2,(H,42,44,45)/b24-19+,37-18?. The highest BCUT2D eigenvalue weighted by Crippen LogP contribution is 2.33. The number of anilines is 1. The number of carbonyl (C=O) groups is 4. The van der Waals surface area contributed by atoms with Gasteiger partial charge in [-0.05, 0) is 92.7 Å². The third kappa shape index (κ3) is 6.44. The first-order valence-corrected chi connectivity index (χ1v) is 16.8. The molecule has 1 unspecified atom stereocenters. The number of allylic oxidation sites excluding steroid dienone is 1. The number of fused-ring (bicyclic) bond motifs is 2. The summed E-state index contributed by atoms with van der Waals surface area (Å²) >= 11 is 0. The molecule has 0 radical (unpaired) electrons. The van der Waals surface area contributed by atoms with E-state index >= 15 is 0 Å². The maximum atomic E-state index is 13.1. The number of nitrogens with one attached hydrogen (secondary N) is 4. The monoisotopic (exact) mass is 649 g/mol. The van der Waals surface area contributed by atoms with Gasteiger partial charge >= 0.3 is 0 Å². The molecule has 1 saturated carbocycles. The molecule has 248 valence electrons. The van der Waals surface area contributed by atoms with Crippen molar-refractivity contribution in [2.45, 2.75) is 69.4 Å². The number of hydrogen-bond donors (Lipinski definition) is 4. The fourth-order valence-electron chi connectivity index (χ4n) is 7.16. The third-order valence-electron chi connectivity index (χ3n) is 9.98. The lowest BCUT2D eigenvalue weighted by atomic mass is 9.77. The molecule has 1 atom stereocenters. The van der Waals surface area contributed by atoms with Crippen LogP contribution >= 0.6 is 0 Å². The molecule has 48 heavy (non-hydrogen) atoms. The first-order valence-electron chi connectivity index (χ1n) is 16.8. The third-order valence-corrected chi connectivity index (χ3v) is 9.98. The van der Waals surface area contributed by atoms with Crippen molar-refractivity contribution < 1.29 is 23.9 Å². The van der Waals surface area contributed by atoms with Crippen LogP contribution in [0.5, 0.6) is 0 Å². The Morgan fingerprint density at radius 1 is 1.00 bits per heavy atom. The van der Waals surface area contributed by atoms with E-state index in [-0.39, 0.29) is 24.0 Å². The van der Waals surface area contributed by atoms with E-state index in [0.29, 0.717) is 29.1 Å². The average Bonchev–Trinajstić information content (AvgIpc) is 3.33. The van der Waals surface area contributed by atoms with Gasteiger partial charge in [0.2, 0.25) is 11.8 Å². The average molecular weight is 650 g/mol. The van der Waals surface area contributed by atoms with Crippen molar-refractivity contribution in [3.63, 3.8) is 0 Å². The number of hydrogen-bond acceptors (Lipinski definition) is 10. The second-order valence-corrected chi connectivity index (χ2v) is 13.1. The molecule has 3 aromatic rings. The molecule has 4 aliphatic rings. The van der Waals surface area contributed by atoms with Gasteiger partial charge in [0, 0.05) is 55.9 Å². The molecule has 2 aromatic carbocycles. The van der Waals surface area contributed by atoms with Crippen molar-refractivity contribution in [2.75, 3.05) is 25.1 Å². The zero-order valence-corrected chi connectivity index (χ0v) is 26.7. The molecule has 0 spiro atoms. The first kappa shape index (κ1) is 31.6. The highest BCUT2D eigenvalue weighted by Gasteiger charge is 2.44. The number of imide groups is 2. The summed E-state index contributed by atoms with van der Waals surface area (Å²) in [6, 6.07) is 10.7. The van der Waals surface area contributed by atoms with Gasteiger partial charge in [-0.3, -0.25) is 34.4 Å². The predicted molar refractivity (Wildman–Crippen MR) is 180 cm³/mol. The molecule has 1 aromatic heterocycles. The molecule has 3 fully saturated rings. The predicted octanol–water partition coefficient (Wildman–Crippen LogP) is 4.18. The van der Waals surface area contributed by atoms with Crippen molar-refractivity contribution >= 4 is 52.1 Å². The van der Waals surface area contributed by atoms with Crippen LogP contribution in [-0.4, -0.2) is 76.6 Å². The summed E-state index contributed by atoms with van der Waals surface area (Å²) in [7, 11) is 0. The number of piperidine rings is 1. The Bertz CT molecular complexity index is 1810. The number of aromatic nitrogens is 2. The van der Waals surface area contributed by atoms with Crippen molar-refractivity contribution in [1.82, 2.24) is 25.5 Å². The van der Waals surface area contributed by atoms with E-state index in [9.17, 15) is 19.2 Å². The molecule has 2 saturated heterocycles. The maximum absolute atomic E-state index is 13.1. The molecular formula is C36H39N7O5. The van der Waals surface area contributed by atoms with Gasteiger partial charge in [-0.15, -0.1) is 0 Å². The summed E-state index contributed by atoms with van der Waals surface area (Å²) in [6.07, 6.45) is 11.3. The van der Waals surface area contributed by atoms with Gasteiger partial charge in [-0.2, -0.15) is 0 Å². The molecule has 3 aliphatic heterocycles. The van der Waals surface area contributed by atoms with E-state index in [1.807, 2.05) is 12.3 Å². The van der Waals surface area contributed by atoms with Crippen LogP contribution in [0.15, 0.2) is 48.8 Å². The van der Waals surface area contributed by atoms with E-state index in [1.54, 1.807) is 24.4 Å². The van der Waals surface area contributed by atoms with E-state index < -0.39 is 29.7 Å². The number of amides is 4.